The molecule has 6 rings (SSSR count). The van der Waals surface area contributed by atoms with Crippen LogP contribution in [0.3, 0.4) is 0 Å². The number of hydrogen-bond acceptors (Lipinski definition) is 7. The third-order valence-electron chi connectivity index (χ3n) is 12.1. The second-order valence-corrected chi connectivity index (χ2v) is 13.6. The average molecular weight is 521 g/mol. The fourth-order valence-electron chi connectivity index (χ4n) is 9.56. The molecule has 3 N–H and O–H groups in total. The molecule has 7 nitrogen and oxygen atoms in total. The standard InChI is InChI=1S/C28H37ClO7/c1-14-12-27(35-22(32)15(14)2)16(3)26(33)10-8-18-17-11-21(31)25(29)9-6-7-20(30)23(25,4)19(17)13-28(34,36-27)24(18,26)5/h6-7,16-19,21,31,33-34H,8-13H2,1-5H3. The lowest BCUT2D eigenvalue weighted by Crippen LogP contribution is -2.79. The molecule has 3 saturated carbocycles. The van der Waals surface area contributed by atoms with E-state index in [0.29, 0.717) is 31.3 Å². The summed E-state index contributed by atoms with van der Waals surface area (Å²) in [6.45, 7) is 9.09. The van der Waals surface area contributed by atoms with Crippen LogP contribution in [-0.4, -0.2) is 55.2 Å². The molecule has 0 aromatic heterocycles. The van der Waals surface area contributed by atoms with Crippen molar-refractivity contribution in [1.29, 1.82) is 0 Å². The van der Waals surface area contributed by atoms with Gasteiger partial charge in [0, 0.05) is 18.4 Å². The number of aliphatic hydroxyl groups is 3. The highest BCUT2D eigenvalue weighted by molar-refractivity contribution is 6.28. The van der Waals surface area contributed by atoms with Crippen molar-refractivity contribution in [3.05, 3.63) is 23.3 Å². The lowest BCUT2D eigenvalue weighted by Gasteiger charge is -2.71. The number of ketones is 1. The summed E-state index contributed by atoms with van der Waals surface area (Å²) < 4.78 is 12.5. The Morgan fingerprint density at radius 1 is 1.14 bits per heavy atom. The molecule has 4 fully saturated rings. The van der Waals surface area contributed by atoms with Crippen LogP contribution < -0.4 is 0 Å². The number of carbonyl (C=O) groups is 2. The predicted octanol–water partition coefficient (Wildman–Crippen LogP) is 3.38. The van der Waals surface area contributed by atoms with Gasteiger partial charge in [-0.15, -0.1) is 11.6 Å². The van der Waals surface area contributed by atoms with Crippen LogP contribution in [0, 0.1) is 34.5 Å². The summed E-state index contributed by atoms with van der Waals surface area (Å²) in [7, 11) is 0. The van der Waals surface area contributed by atoms with Crippen molar-refractivity contribution in [3.8, 4) is 0 Å². The zero-order valence-electron chi connectivity index (χ0n) is 21.6. The van der Waals surface area contributed by atoms with Gasteiger partial charge < -0.3 is 24.8 Å². The van der Waals surface area contributed by atoms with Gasteiger partial charge in [-0.3, -0.25) is 4.79 Å². The molecule has 0 aromatic carbocycles. The summed E-state index contributed by atoms with van der Waals surface area (Å²) in [5, 5.41) is 36.3. The Morgan fingerprint density at radius 2 is 1.83 bits per heavy atom. The number of hydrogen-bond donors (Lipinski definition) is 3. The van der Waals surface area contributed by atoms with Crippen LogP contribution in [0.15, 0.2) is 23.3 Å². The molecule has 1 spiro atoms. The summed E-state index contributed by atoms with van der Waals surface area (Å²) in [5.74, 6) is -5.38. The number of allylic oxidation sites excluding steroid dienone is 2. The van der Waals surface area contributed by atoms with Gasteiger partial charge >= 0.3 is 5.97 Å². The molecule has 198 valence electrons. The van der Waals surface area contributed by atoms with E-state index in [1.165, 1.54) is 0 Å². The van der Waals surface area contributed by atoms with Gasteiger partial charge in [0.15, 0.2) is 11.6 Å². The Hall–Kier alpha value is -1.25. The predicted molar refractivity (Wildman–Crippen MR) is 130 cm³/mol. The van der Waals surface area contributed by atoms with Crippen molar-refractivity contribution in [2.75, 3.05) is 0 Å². The van der Waals surface area contributed by atoms with Gasteiger partial charge in [0.1, 0.15) is 0 Å². The highest BCUT2D eigenvalue weighted by Crippen LogP contribution is 2.75. The molecule has 2 aliphatic heterocycles. The molecule has 0 bridgehead atoms. The average Bonchev–Trinajstić information content (AvgIpc) is 3.09. The second kappa shape index (κ2) is 7.03. The van der Waals surface area contributed by atoms with E-state index >= 15 is 0 Å². The quantitative estimate of drug-likeness (QED) is 0.331. The molecule has 0 amide bonds. The van der Waals surface area contributed by atoms with Crippen molar-refractivity contribution in [3.63, 3.8) is 0 Å². The van der Waals surface area contributed by atoms with E-state index in [4.69, 9.17) is 21.1 Å². The summed E-state index contributed by atoms with van der Waals surface area (Å²) in [6, 6.07) is 0. The van der Waals surface area contributed by atoms with E-state index in [2.05, 4.69) is 0 Å². The maximum Gasteiger partial charge on any atom is 0.336 e. The Morgan fingerprint density at radius 3 is 2.50 bits per heavy atom. The molecule has 11 unspecified atom stereocenters. The van der Waals surface area contributed by atoms with Crippen molar-refractivity contribution >= 4 is 23.4 Å². The van der Waals surface area contributed by atoms with Crippen LogP contribution in [0.4, 0.5) is 0 Å². The van der Waals surface area contributed by atoms with Crippen molar-refractivity contribution < 1.29 is 34.4 Å². The largest absolute Gasteiger partial charge is 0.429 e. The number of ether oxygens (including phenoxy) is 2. The number of halogens is 1. The molecule has 0 aromatic rings. The maximum atomic E-state index is 13.5. The van der Waals surface area contributed by atoms with Crippen molar-refractivity contribution in [2.24, 2.45) is 34.5 Å². The number of carbonyl (C=O) groups excluding carboxylic acids is 2. The van der Waals surface area contributed by atoms with Gasteiger partial charge in [0.25, 0.3) is 0 Å². The summed E-state index contributed by atoms with van der Waals surface area (Å²) in [4.78, 5) is 25.2. The zero-order valence-corrected chi connectivity index (χ0v) is 22.4. The van der Waals surface area contributed by atoms with Crippen LogP contribution in [-0.2, 0) is 19.1 Å². The van der Waals surface area contributed by atoms with E-state index in [1.807, 2.05) is 27.7 Å². The van der Waals surface area contributed by atoms with Gasteiger partial charge in [-0.05, 0) is 63.4 Å². The first kappa shape index (κ1) is 25.1. The lowest BCUT2D eigenvalue weighted by molar-refractivity contribution is -0.471. The second-order valence-electron chi connectivity index (χ2n) is 12.9. The van der Waals surface area contributed by atoms with Gasteiger partial charge in [0.2, 0.25) is 5.79 Å². The lowest BCUT2D eigenvalue weighted by atomic mass is 9.41. The van der Waals surface area contributed by atoms with Gasteiger partial charge in [0.05, 0.1) is 33.3 Å². The monoisotopic (exact) mass is 520 g/mol. The van der Waals surface area contributed by atoms with E-state index in [-0.39, 0.29) is 36.4 Å². The Labute approximate surface area is 216 Å². The first-order valence-electron chi connectivity index (χ1n) is 13.2. The topological polar surface area (TPSA) is 113 Å². The molecule has 8 heteroatoms. The maximum absolute atomic E-state index is 13.5. The van der Waals surface area contributed by atoms with E-state index < -0.39 is 50.9 Å². The summed E-state index contributed by atoms with van der Waals surface area (Å²) in [5.41, 5.74) is -2.27. The van der Waals surface area contributed by atoms with Gasteiger partial charge in [-0.2, -0.15) is 0 Å². The molecule has 2 heterocycles. The third-order valence-corrected chi connectivity index (χ3v) is 12.9. The van der Waals surface area contributed by atoms with Crippen molar-refractivity contribution in [2.45, 2.75) is 101 Å². The highest BCUT2D eigenvalue weighted by Gasteiger charge is 2.82. The minimum atomic E-state index is -1.87. The fourth-order valence-corrected chi connectivity index (χ4v) is 9.97. The third kappa shape index (κ3) is 2.46. The number of alkyl halides is 1. The number of fused-ring (bicyclic) bond motifs is 4. The molecule has 11 atom stereocenters. The Bertz CT molecular complexity index is 1130. The molecule has 0 radical (unpaired) electrons. The van der Waals surface area contributed by atoms with E-state index in [0.717, 1.165) is 5.57 Å². The number of esters is 1. The molecule has 36 heavy (non-hydrogen) atoms. The minimum Gasteiger partial charge on any atom is -0.429 e. The summed E-state index contributed by atoms with van der Waals surface area (Å²) >= 11 is 7.12. The number of rotatable bonds is 0. The zero-order chi connectivity index (χ0) is 26.3. The number of aliphatic hydroxyl groups excluding tert-OH is 1. The van der Waals surface area contributed by atoms with Crippen LogP contribution in [0.25, 0.3) is 0 Å². The minimum absolute atomic E-state index is 0.0536. The normalized spacial score (nSPS) is 57.9. The van der Waals surface area contributed by atoms with Crippen LogP contribution in [0.2, 0.25) is 0 Å². The molecule has 1 saturated heterocycles. The SMILES string of the molecule is CC1=C(C)C(=O)OC2(C1)OC1(O)CC3C(CC(O)C4(Cl)CC=CC(=O)C34C)C3CCC(O)(C2C)C31C. The Kier molecular flexibility index (Phi) is 4.89. The molecular weight excluding hydrogens is 484 g/mol. The smallest absolute Gasteiger partial charge is 0.336 e. The van der Waals surface area contributed by atoms with Crippen LogP contribution in [0.5, 0.6) is 0 Å². The van der Waals surface area contributed by atoms with E-state index in [9.17, 15) is 24.9 Å². The molecule has 4 aliphatic carbocycles. The van der Waals surface area contributed by atoms with E-state index in [1.54, 1.807) is 19.1 Å². The van der Waals surface area contributed by atoms with Crippen LogP contribution in [0.1, 0.15) is 73.1 Å². The van der Waals surface area contributed by atoms with Crippen molar-refractivity contribution in [1.82, 2.24) is 0 Å². The van der Waals surface area contributed by atoms with Crippen LogP contribution >= 0.6 is 11.6 Å². The Balaban J connectivity index is 1.52. The molecular formula is C28H37ClO7. The first-order valence-corrected chi connectivity index (χ1v) is 13.6. The molecule has 6 aliphatic rings. The fraction of sp³-hybridized carbons (Fsp3) is 0.786. The first-order chi connectivity index (χ1) is 16.6. The van der Waals surface area contributed by atoms with Gasteiger partial charge in [-0.25, -0.2) is 4.79 Å². The highest BCUT2D eigenvalue weighted by atomic mass is 35.5. The van der Waals surface area contributed by atoms with Gasteiger partial charge in [-0.1, -0.05) is 32.4 Å². The summed E-state index contributed by atoms with van der Waals surface area (Å²) in [6.07, 6.45) is 4.43.